The van der Waals surface area contributed by atoms with Crippen LogP contribution in [0.4, 0.5) is 13.2 Å². The van der Waals surface area contributed by atoms with E-state index in [4.69, 9.17) is 21.4 Å². The van der Waals surface area contributed by atoms with Gasteiger partial charge in [-0.15, -0.1) is 0 Å². The summed E-state index contributed by atoms with van der Waals surface area (Å²) in [6, 6.07) is 14.2. The van der Waals surface area contributed by atoms with Crippen molar-refractivity contribution in [2.45, 2.75) is 51.7 Å². The van der Waals surface area contributed by atoms with Crippen molar-refractivity contribution < 1.29 is 27.8 Å². The third-order valence-corrected chi connectivity index (χ3v) is 6.89. The van der Waals surface area contributed by atoms with E-state index in [-0.39, 0.29) is 17.5 Å². The van der Waals surface area contributed by atoms with Crippen molar-refractivity contribution in [1.82, 2.24) is 4.90 Å². The molecular weight excluding hydrogens is 527 g/mol. The van der Waals surface area contributed by atoms with Crippen molar-refractivity contribution >= 4 is 17.6 Å². The van der Waals surface area contributed by atoms with Gasteiger partial charge in [-0.05, 0) is 66.0 Å². The first-order valence-corrected chi connectivity index (χ1v) is 13.5. The monoisotopic (exact) mass is 561 g/mol. The topological polar surface area (TPSA) is 49.8 Å². The molecule has 0 bridgehead atoms. The number of hydrogen-bond donors (Lipinski definition) is 1. The van der Waals surface area contributed by atoms with E-state index >= 15 is 0 Å². The fraction of sp³-hybridized carbons (Fsp3) is 0.387. The molecule has 0 aromatic heterocycles. The minimum atomic E-state index is -4.52. The van der Waals surface area contributed by atoms with E-state index in [0.29, 0.717) is 55.4 Å². The van der Waals surface area contributed by atoms with E-state index in [2.05, 4.69) is 30.9 Å². The number of rotatable bonds is 13. The van der Waals surface area contributed by atoms with Gasteiger partial charge >= 0.3 is 12.1 Å². The Kier molecular flexibility index (Phi) is 11.3. The summed E-state index contributed by atoms with van der Waals surface area (Å²) in [6.07, 6.45) is 4.10. The van der Waals surface area contributed by atoms with Gasteiger partial charge in [0.1, 0.15) is 5.76 Å². The normalized spacial score (nSPS) is 15.6. The molecule has 0 amide bonds. The summed E-state index contributed by atoms with van der Waals surface area (Å²) in [6.45, 7) is 6.22. The first kappa shape index (κ1) is 30.5. The molecule has 1 N–H and O–H groups in total. The third-order valence-electron chi connectivity index (χ3n) is 6.44. The van der Waals surface area contributed by atoms with Crippen molar-refractivity contribution in [2.75, 3.05) is 19.7 Å². The summed E-state index contributed by atoms with van der Waals surface area (Å²) in [5, 5.41) is 8.73. The molecule has 8 heteroatoms. The van der Waals surface area contributed by atoms with E-state index < -0.39 is 17.7 Å². The number of carboxylic acids is 1. The smallest absolute Gasteiger partial charge is 0.417 e. The van der Waals surface area contributed by atoms with Gasteiger partial charge < -0.3 is 9.84 Å². The van der Waals surface area contributed by atoms with Crippen molar-refractivity contribution in [3.05, 3.63) is 106 Å². The van der Waals surface area contributed by atoms with E-state index in [0.717, 1.165) is 18.6 Å². The molecular formula is C31H35ClF3NO3. The highest BCUT2D eigenvalue weighted by Crippen LogP contribution is 2.37. The van der Waals surface area contributed by atoms with Gasteiger partial charge in [-0.2, -0.15) is 13.2 Å². The first-order chi connectivity index (χ1) is 18.5. The molecule has 0 saturated heterocycles. The molecule has 0 fully saturated rings. The summed E-state index contributed by atoms with van der Waals surface area (Å²) in [4.78, 5) is 13.1. The number of halogens is 4. The second-order valence-electron chi connectivity index (χ2n) is 10.2. The second kappa shape index (κ2) is 14.4. The van der Waals surface area contributed by atoms with Crippen LogP contribution in [0.25, 0.3) is 0 Å². The molecule has 0 aliphatic heterocycles. The Labute approximate surface area is 233 Å². The maximum Gasteiger partial charge on any atom is 0.417 e. The molecule has 0 radical (unpaired) electrons. The molecule has 0 spiro atoms. The van der Waals surface area contributed by atoms with E-state index in [9.17, 15) is 18.0 Å². The van der Waals surface area contributed by atoms with E-state index in [1.165, 1.54) is 11.6 Å². The average molecular weight is 562 g/mol. The predicted octanol–water partition coefficient (Wildman–Crippen LogP) is 8.25. The standard InChI is InChI=1S/C31H35ClF3NO3/c1-22(2)17-26(24-10-4-3-5-11-24)21-36(20-25-12-7-14-28(30(25)32)31(33,34)35)15-8-16-39-27-13-6-9-23(18-27)19-29(37)38/h3-7,10-14,18-19,22,26H,8-9,15-17,20-21H2,1-2H3,(H,37,38). The number of ether oxygens (including phenoxy) is 1. The van der Waals surface area contributed by atoms with Gasteiger partial charge in [0, 0.05) is 25.7 Å². The third kappa shape index (κ3) is 9.90. The lowest BCUT2D eigenvalue weighted by molar-refractivity contribution is -0.137. The number of carboxylic acid groups (broad SMARTS) is 1. The summed E-state index contributed by atoms with van der Waals surface area (Å²) < 4.78 is 46.4. The molecule has 0 heterocycles. The van der Waals surface area contributed by atoms with Crippen molar-refractivity contribution in [1.29, 1.82) is 0 Å². The molecule has 1 aliphatic carbocycles. The Morgan fingerprint density at radius 1 is 1.15 bits per heavy atom. The highest BCUT2D eigenvalue weighted by atomic mass is 35.5. The van der Waals surface area contributed by atoms with Crippen LogP contribution in [0.2, 0.25) is 5.02 Å². The van der Waals surface area contributed by atoms with Crippen LogP contribution in [0.3, 0.4) is 0 Å². The van der Waals surface area contributed by atoms with Crippen molar-refractivity contribution in [2.24, 2.45) is 5.92 Å². The Hall–Kier alpha value is -3.03. The van der Waals surface area contributed by atoms with Gasteiger partial charge in [-0.1, -0.05) is 74.0 Å². The second-order valence-corrected chi connectivity index (χ2v) is 10.5. The van der Waals surface area contributed by atoms with E-state index in [1.54, 1.807) is 12.1 Å². The fourth-order valence-electron chi connectivity index (χ4n) is 4.75. The number of benzene rings is 2. The quantitative estimate of drug-likeness (QED) is 0.197. The molecule has 3 rings (SSSR count). The van der Waals surface area contributed by atoms with E-state index in [1.807, 2.05) is 30.4 Å². The largest absolute Gasteiger partial charge is 0.494 e. The minimum absolute atomic E-state index is 0.199. The number of aliphatic carboxylic acids is 1. The lowest BCUT2D eigenvalue weighted by Gasteiger charge is -2.30. The van der Waals surface area contributed by atoms with Crippen LogP contribution in [-0.2, 0) is 22.3 Å². The van der Waals surface area contributed by atoms with Crippen LogP contribution in [-0.4, -0.2) is 35.7 Å². The Morgan fingerprint density at radius 3 is 2.56 bits per heavy atom. The first-order valence-electron chi connectivity index (χ1n) is 13.1. The van der Waals surface area contributed by atoms with Crippen molar-refractivity contribution in [3.63, 3.8) is 0 Å². The zero-order valence-electron chi connectivity index (χ0n) is 22.3. The molecule has 1 aliphatic rings. The molecule has 0 saturated carbocycles. The molecule has 4 nitrogen and oxygen atoms in total. The molecule has 39 heavy (non-hydrogen) atoms. The molecule has 210 valence electrons. The highest BCUT2D eigenvalue weighted by molar-refractivity contribution is 6.32. The van der Waals surface area contributed by atoms with Gasteiger partial charge in [0.05, 0.1) is 17.2 Å². The Bertz CT molecular complexity index is 1190. The number of carbonyl (C=O) groups is 1. The number of nitrogens with zero attached hydrogens (tertiary/aromatic N) is 1. The summed E-state index contributed by atoms with van der Waals surface area (Å²) >= 11 is 6.25. The van der Waals surface area contributed by atoms with Crippen LogP contribution in [0.15, 0.2) is 84.2 Å². The average Bonchev–Trinajstić information content (AvgIpc) is 2.86. The molecule has 2 aromatic rings. The minimum Gasteiger partial charge on any atom is -0.494 e. The van der Waals surface area contributed by atoms with Gasteiger partial charge in [-0.3, -0.25) is 4.90 Å². The molecule has 2 aromatic carbocycles. The van der Waals surface area contributed by atoms with Crippen molar-refractivity contribution in [3.8, 4) is 0 Å². The summed E-state index contributed by atoms with van der Waals surface area (Å²) in [5.41, 5.74) is 1.45. The van der Waals surface area contributed by atoms with Gasteiger partial charge in [-0.25, -0.2) is 4.79 Å². The highest BCUT2D eigenvalue weighted by Gasteiger charge is 2.34. The predicted molar refractivity (Wildman–Crippen MR) is 148 cm³/mol. The maximum atomic E-state index is 13.5. The lowest BCUT2D eigenvalue weighted by Crippen LogP contribution is -2.31. The SMILES string of the molecule is CC(C)CC(CN(CCCOC1=CC(=CC(=O)O)CC=C1)Cc1cccc(C(F)(F)F)c1Cl)c1ccccc1. The molecule has 1 atom stereocenters. The van der Waals surface area contributed by atoms with Crippen LogP contribution in [0.1, 0.15) is 55.7 Å². The fourth-order valence-corrected chi connectivity index (χ4v) is 5.04. The van der Waals surface area contributed by atoms with Crippen LogP contribution >= 0.6 is 11.6 Å². The van der Waals surface area contributed by atoms with Crippen LogP contribution in [0, 0.1) is 5.92 Å². The van der Waals surface area contributed by atoms with Gasteiger partial charge in [0.2, 0.25) is 0 Å². The maximum absolute atomic E-state index is 13.5. The number of alkyl halides is 3. The zero-order chi connectivity index (χ0) is 28.4. The number of allylic oxidation sites excluding steroid dienone is 4. The Morgan fingerprint density at radius 2 is 1.90 bits per heavy atom. The zero-order valence-corrected chi connectivity index (χ0v) is 23.0. The van der Waals surface area contributed by atoms with Crippen LogP contribution in [0.5, 0.6) is 0 Å². The molecule has 1 unspecified atom stereocenters. The summed E-state index contributed by atoms with van der Waals surface area (Å²) in [7, 11) is 0. The van der Waals surface area contributed by atoms with Gasteiger partial charge in [0.15, 0.2) is 0 Å². The Balaban J connectivity index is 1.76. The van der Waals surface area contributed by atoms with Gasteiger partial charge in [0.25, 0.3) is 0 Å². The summed E-state index contributed by atoms with van der Waals surface area (Å²) in [5.74, 6) is 0.220. The lowest BCUT2D eigenvalue weighted by atomic mass is 9.89. The van der Waals surface area contributed by atoms with Crippen LogP contribution < -0.4 is 0 Å². The number of hydrogen-bond acceptors (Lipinski definition) is 3.